The summed E-state index contributed by atoms with van der Waals surface area (Å²) < 4.78 is 29.5. The molecular formula is C16H18N6O2S. The van der Waals surface area contributed by atoms with Gasteiger partial charge in [-0.15, -0.1) is 10.2 Å². The minimum atomic E-state index is -3.48. The van der Waals surface area contributed by atoms with Gasteiger partial charge in [-0.25, -0.2) is 18.1 Å². The lowest BCUT2D eigenvalue weighted by molar-refractivity contribution is 0.458. The molecule has 3 aromatic rings. The van der Waals surface area contributed by atoms with Gasteiger partial charge >= 0.3 is 0 Å². The Morgan fingerprint density at radius 3 is 2.64 bits per heavy atom. The van der Waals surface area contributed by atoms with Crippen LogP contribution in [0.5, 0.6) is 0 Å². The van der Waals surface area contributed by atoms with Gasteiger partial charge in [0.15, 0.2) is 5.82 Å². The maximum atomic E-state index is 12.4. The Morgan fingerprint density at radius 2 is 1.88 bits per heavy atom. The zero-order valence-electron chi connectivity index (χ0n) is 13.5. The number of anilines is 1. The van der Waals surface area contributed by atoms with E-state index >= 15 is 0 Å². The first-order chi connectivity index (χ1) is 12.1. The van der Waals surface area contributed by atoms with Crippen molar-refractivity contribution in [3.05, 3.63) is 49.1 Å². The summed E-state index contributed by atoms with van der Waals surface area (Å²) in [5.41, 5.74) is 0.714. The Bertz CT molecular complexity index is 964. The second-order valence-electron chi connectivity index (χ2n) is 6.01. The third kappa shape index (κ3) is 3.20. The lowest BCUT2D eigenvalue weighted by atomic mass is 10.1. The molecule has 1 N–H and O–H groups in total. The number of nitrogens with one attached hydrogen (secondary N) is 1. The molecule has 2 aromatic heterocycles. The number of rotatable bonds is 4. The van der Waals surface area contributed by atoms with Crippen molar-refractivity contribution in [3.8, 4) is 0 Å². The van der Waals surface area contributed by atoms with Gasteiger partial charge in [-0.1, -0.05) is 18.2 Å². The highest BCUT2D eigenvalue weighted by Gasteiger charge is 2.26. The van der Waals surface area contributed by atoms with Crippen LogP contribution in [0.4, 0.5) is 5.82 Å². The zero-order valence-corrected chi connectivity index (χ0v) is 14.3. The number of fused-ring (bicyclic) bond motifs is 1. The first kappa shape index (κ1) is 16.0. The van der Waals surface area contributed by atoms with Crippen molar-refractivity contribution in [2.24, 2.45) is 0 Å². The van der Waals surface area contributed by atoms with Crippen LogP contribution in [0.3, 0.4) is 0 Å². The SMILES string of the molecule is O=S(=O)(NC1CCN(c2nccn3cnnc23)CC1)c1ccccc1. The van der Waals surface area contributed by atoms with E-state index in [4.69, 9.17) is 0 Å². The highest BCUT2D eigenvalue weighted by Crippen LogP contribution is 2.22. The van der Waals surface area contributed by atoms with Gasteiger partial charge in [0.1, 0.15) is 6.33 Å². The fraction of sp³-hybridized carbons (Fsp3) is 0.312. The molecule has 1 saturated heterocycles. The summed E-state index contributed by atoms with van der Waals surface area (Å²) in [7, 11) is -3.48. The fourth-order valence-electron chi connectivity index (χ4n) is 3.06. The Hall–Kier alpha value is -2.52. The van der Waals surface area contributed by atoms with Gasteiger partial charge in [0.2, 0.25) is 15.7 Å². The van der Waals surface area contributed by atoms with Crippen molar-refractivity contribution >= 4 is 21.5 Å². The topological polar surface area (TPSA) is 92.5 Å². The van der Waals surface area contributed by atoms with Crippen LogP contribution in [-0.4, -0.2) is 47.1 Å². The van der Waals surface area contributed by atoms with E-state index in [9.17, 15) is 8.42 Å². The Kier molecular flexibility index (Phi) is 4.10. The molecule has 1 aromatic carbocycles. The summed E-state index contributed by atoms with van der Waals surface area (Å²) in [6.07, 6.45) is 6.59. The molecule has 25 heavy (non-hydrogen) atoms. The molecule has 0 bridgehead atoms. The summed E-state index contributed by atoms with van der Waals surface area (Å²) in [4.78, 5) is 6.83. The van der Waals surface area contributed by atoms with Crippen LogP contribution in [0.2, 0.25) is 0 Å². The number of aromatic nitrogens is 4. The van der Waals surface area contributed by atoms with E-state index in [1.807, 2.05) is 4.40 Å². The van der Waals surface area contributed by atoms with Gasteiger partial charge in [0, 0.05) is 31.5 Å². The summed E-state index contributed by atoms with van der Waals surface area (Å²) in [5.74, 6) is 0.782. The van der Waals surface area contributed by atoms with E-state index in [2.05, 4.69) is 24.8 Å². The summed E-state index contributed by atoms with van der Waals surface area (Å²) >= 11 is 0. The molecule has 8 nitrogen and oxygen atoms in total. The number of benzene rings is 1. The number of hydrogen-bond acceptors (Lipinski definition) is 6. The molecule has 4 rings (SSSR count). The summed E-state index contributed by atoms with van der Waals surface area (Å²) in [6.45, 7) is 1.42. The van der Waals surface area contributed by atoms with Gasteiger partial charge in [0.25, 0.3) is 0 Å². The molecule has 3 heterocycles. The third-order valence-electron chi connectivity index (χ3n) is 4.37. The molecule has 0 saturated carbocycles. The minimum Gasteiger partial charge on any atom is -0.353 e. The van der Waals surface area contributed by atoms with E-state index in [0.29, 0.717) is 36.5 Å². The van der Waals surface area contributed by atoms with Crippen molar-refractivity contribution in [2.45, 2.75) is 23.8 Å². The van der Waals surface area contributed by atoms with E-state index in [-0.39, 0.29) is 6.04 Å². The third-order valence-corrected chi connectivity index (χ3v) is 5.90. The van der Waals surface area contributed by atoms with Gasteiger partial charge in [0.05, 0.1) is 4.90 Å². The number of hydrogen-bond donors (Lipinski definition) is 1. The standard InChI is InChI=1S/C16H18N6O2S/c23-25(24,14-4-2-1-3-5-14)20-13-6-9-21(10-7-13)15-16-19-18-12-22(16)11-8-17-15/h1-5,8,11-13,20H,6-7,9-10H2. The average Bonchev–Trinajstić information content (AvgIpc) is 3.12. The molecule has 0 atom stereocenters. The Labute approximate surface area is 145 Å². The van der Waals surface area contributed by atoms with Crippen LogP contribution in [0.25, 0.3) is 5.65 Å². The van der Waals surface area contributed by atoms with Crippen molar-refractivity contribution in [1.29, 1.82) is 0 Å². The highest BCUT2D eigenvalue weighted by molar-refractivity contribution is 7.89. The number of nitrogens with zero attached hydrogens (tertiary/aromatic N) is 5. The molecule has 0 amide bonds. The molecular weight excluding hydrogens is 340 g/mol. The van der Waals surface area contributed by atoms with Crippen molar-refractivity contribution in [3.63, 3.8) is 0 Å². The summed E-state index contributed by atoms with van der Waals surface area (Å²) in [6, 6.07) is 8.37. The van der Waals surface area contributed by atoms with Crippen LogP contribution in [0, 0.1) is 0 Å². The first-order valence-corrected chi connectivity index (χ1v) is 9.58. The molecule has 130 valence electrons. The van der Waals surface area contributed by atoms with Crippen LogP contribution in [-0.2, 0) is 10.0 Å². The highest BCUT2D eigenvalue weighted by atomic mass is 32.2. The smallest absolute Gasteiger partial charge is 0.240 e. The predicted octanol–water partition coefficient (Wildman–Crippen LogP) is 1.07. The lowest BCUT2D eigenvalue weighted by Gasteiger charge is -2.32. The number of piperidine rings is 1. The van der Waals surface area contributed by atoms with E-state index in [1.54, 1.807) is 49.1 Å². The normalized spacial score (nSPS) is 16.4. The van der Waals surface area contributed by atoms with E-state index < -0.39 is 10.0 Å². The molecule has 0 spiro atoms. The van der Waals surface area contributed by atoms with Crippen molar-refractivity contribution in [1.82, 2.24) is 24.3 Å². The van der Waals surface area contributed by atoms with E-state index in [1.165, 1.54) is 0 Å². The average molecular weight is 358 g/mol. The molecule has 1 fully saturated rings. The molecule has 9 heteroatoms. The van der Waals surface area contributed by atoms with Gasteiger partial charge < -0.3 is 4.90 Å². The Balaban J connectivity index is 1.44. The monoisotopic (exact) mass is 358 g/mol. The summed E-state index contributed by atoms with van der Waals surface area (Å²) in [5, 5.41) is 8.02. The second kappa shape index (κ2) is 6.41. The van der Waals surface area contributed by atoms with Crippen LogP contribution >= 0.6 is 0 Å². The molecule has 1 aliphatic heterocycles. The maximum absolute atomic E-state index is 12.4. The predicted molar refractivity (Wildman–Crippen MR) is 92.8 cm³/mol. The number of sulfonamides is 1. The minimum absolute atomic E-state index is 0.0842. The largest absolute Gasteiger partial charge is 0.353 e. The van der Waals surface area contributed by atoms with E-state index in [0.717, 1.165) is 5.82 Å². The molecule has 1 aliphatic rings. The fourth-order valence-corrected chi connectivity index (χ4v) is 4.39. The molecule has 0 aliphatic carbocycles. The van der Waals surface area contributed by atoms with Gasteiger partial charge in [-0.2, -0.15) is 0 Å². The van der Waals surface area contributed by atoms with Crippen molar-refractivity contribution in [2.75, 3.05) is 18.0 Å². The van der Waals surface area contributed by atoms with Gasteiger partial charge in [-0.3, -0.25) is 4.40 Å². The lowest BCUT2D eigenvalue weighted by Crippen LogP contribution is -2.45. The van der Waals surface area contributed by atoms with Gasteiger partial charge in [-0.05, 0) is 25.0 Å². The molecule has 0 unspecified atom stereocenters. The zero-order chi connectivity index (χ0) is 17.3. The maximum Gasteiger partial charge on any atom is 0.240 e. The second-order valence-corrected chi connectivity index (χ2v) is 7.72. The van der Waals surface area contributed by atoms with Crippen molar-refractivity contribution < 1.29 is 8.42 Å². The van der Waals surface area contributed by atoms with Crippen LogP contribution < -0.4 is 9.62 Å². The Morgan fingerprint density at radius 1 is 1.12 bits per heavy atom. The van der Waals surface area contributed by atoms with Crippen LogP contribution in [0.15, 0.2) is 53.9 Å². The van der Waals surface area contributed by atoms with Crippen LogP contribution in [0.1, 0.15) is 12.8 Å². The first-order valence-electron chi connectivity index (χ1n) is 8.10. The molecule has 0 radical (unpaired) electrons. The quantitative estimate of drug-likeness (QED) is 0.750.